The molecule has 1 aliphatic rings. The summed E-state index contributed by atoms with van der Waals surface area (Å²) >= 11 is 0. The van der Waals surface area contributed by atoms with Crippen LogP contribution in [-0.2, 0) is 0 Å². The molecule has 114 valence electrons. The van der Waals surface area contributed by atoms with E-state index in [4.69, 9.17) is 4.74 Å². The summed E-state index contributed by atoms with van der Waals surface area (Å²) < 4.78 is 40.9. The summed E-state index contributed by atoms with van der Waals surface area (Å²) in [5, 5.41) is 18.7. The second-order valence-electron chi connectivity index (χ2n) is 4.61. The van der Waals surface area contributed by atoms with Crippen molar-refractivity contribution in [3.63, 3.8) is 0 Å². The number of alkyl halides is 3. The van der Waals surface area contributed by atoms with Crippen molar-refractivity contribution < 1.29 is 37.7 Å². The van der Waals surface area contributed by atoms with Gasteiger partial charge in [-0.15, -0.1) is 0 Å². The van der Waals surface area contributed by atoms with Crippen LogP contribution in [0.5, 0.6) is 5.75 Å². The van der Waals surface area contributed by atoms with Crippen LogP contribution in [0.25, 0.3) is 0 Å². The number of carbonyl (C=O) groups is 2. The van der Waals surface area contributed by atoms with E-state index >= 15 is 0 Å². The zero-order chi connectivity index (χ0) is 15.8. The summed E-state index contributed by atoms with van der Waals surface area (Å²) in [5.74, 6) is -5.32. The average Bonchev–Trinajstić information content (AvgIpc) is 2.55. The summed E-state index contributed by atoms with van der Waals surface area (Å²) in [7, 11) is 0. The van der Waals surface area contributed by atoms with Gasteiger partial charge < -0.3 is 14.9 Å². The van der Waals surface area contributed by atoms with E-state index in [1.54, 1.807) is 0 Å². The van der Waals surface area contributed by atoms with Crippen LogP contribution in [-0.4, -0.2) is 40.3 Å². The van der Waals surface area contributed by atoms with E-state index in [1.165, 1.54) is 12.1 Å². The predicted octanol–water partition coefficient (Wildman–Crippen LogP) is 1.47. The summed E-state index contributed by atoms with van der Waals surface area (Å²) in [6.07, 6.45) is -5.51. The molecule has 2 N–H and O–H groups in total. The highest BCUT2D eigenvalue weighted by Crippen LogP contribution is 2.31. The van der Waals surface area contributed by atoms with Crippen molar-refractivity contribution >= 4 is 11.6 Å². The van der Waals surface area contributed by atoms with Gasteiger partial charge in [-0.05, 0) is 24.6 Å². The van der Waals surface area contributed by atoms with E-state index in [-0.39, 0.29) is 29.9 Å². The first-order valence-corrected chi connectivity index (χ1v) is 6.01. The number of ketones is 2. The van der Waals surface area contributed by atoms with Gasteiger partial charge in [0.25, 0.3) is 5.79 Å². The van der Waals surface area contributed by atoms with Gasteiger partial charge in [0.2, 0.25) is 11.6 Å². The maximum Gasteiger partial charge on any atom is 0.389 e. The lowest BCUT2D eigenvalue weighted by atomic mass is 10.1. The summed E-state index contributed by atoms with van der Waals surface area (Å²) in [4.78, 5) is 23.1. The minimum atomic E-state index is -4.27. The van der Waals surface area contributed by atoms with Crippen LogP contribution in [0.4, 0.5) is 13.2 Å². The van der Waals surface area contributed by atoms with Gasteiger partial charge in [-0.3, -0.25) is 9.59 Å². The highest BCUT2D eigenvalue weighted by molar-refractivity contribution is 6.30. The van der Waals surface area contributed by atoms with Crippen molar-refractivity contribution in [3.8, 4) is 5.75 Å². The van der Waals surface area contributed by atoms with Gasteiger partial charge in [0, 0.05) is 17.5 Å². The van der Waals surface area contributed by atoms with Gasteiger partial charge in [-0.25, -0.2) is 0 Å². The summed E-state index contributed by atoms with van der Waals surface area (Å²) in [6, 6.07) is 3.55. The fraction of sp³-hybridized carbons (Fsp3) is 0.385. The number of hydrogen-bond acceptors (Lipinski definition) is 5. The van der Waals surface area contributed by atoms with Crippen LogP contribution >= 0.6 is 0 Å². The Kier molecular flexibility index (Phi) is 3.77. The van der Waals surface area contributed by atoms with Crippen LogP contribution in [0.3, 0.4) is 0 Å². The van der Waals surface area contributed by atoms with Crippen LogP contribution < -0.4 is 4.74 Å². The Bertz CT molecular complexity index is 592. The lowest BCUT2D eigenvalue weighted by Gasteiger charge is -2.09. The first-order valence-electron chi connectivity index (χ1n) is 6.01. The number of ether oxygens (including phenoxy) is 1. The molecule has 0 amide bonds. The zero-order valence-electron chi connectivity index (χ0n) is 10.6. The van der Waals surface area contributed by atoms with E-state index in [9.17, 15) is 33.0 Å². The third-order valence-corrected chi connectivity index (χ3v) is 2.99. The standard InChI is InChI=1S/C13H11F3O5/c14-12(15,16)4-1-5-21-7-2-3-8-9(6-7)11(18)13(19,20)10(8)17/h2-3,6,19-20H,1,4-5H2. The molecule has 1 aromatic rings. The van der Waals surface area contributed by atoms with Gasteiger partial charge in [-0.1, -0.05) is 0 Å². The molecule has 0 unspecified atom stereocenters. The van der Waals surface area contributed by atoms with Gasteiger partial charge in [0.15, 0.2) is 0 Å². The molecule has 0 saturated carbocycles. The van der Waals surface area contributed by atoms with E-state index in [2.05, 4.69) is 0 Å². The number of fused-ring (bicyclic) bond motifs is 1. The normalized spacial score (nSPS) is 17.0. The largest absolute Gasteiger partial charge is 0.494 e. The van der Waals surface area contributed by atoms with Crippen molar-refractivity contribution in [3.05, 3.63) is 29.3 Å². The second kappa shape index (κ2) is 5.12. The van der Waals surface area contributed by atoms with Crippen LogP contribution in [0.2, 0.25) is 0 Å². The lowest BCUT2D eigenvalue weighted by Crippen LogP contribution is -2.40. The van der Waals surface area contributed by atoms with E-state index in [0.717, 1.165) is 6.07 Å². The molecule has 2 rings (SSSR count). The van der Waals surface area contributed by atoms with Crippen molar-refractivity contribution in [2.75, 3.05) is 6.61 Å². The molecule has 0 bridgehead atoms. The average molecular weight is 304 g/mol. The van der Waals surface area contributed by atoms with Crippen molar-refractivity contribution in [1.82, 2.24) is 0 Å². The Morgan fingerprint density at radius 3 is 2.33 bits per heavy atom. The Hall–Kier alpha value is -1.93. The van der Waals surface area contributed by atoms with E-state index in [1.807, 2.05) is 0 Å². The zero-order valence-corrected chi connectivity index (χ0v) is 10.6. The fourth-order valence-electron chi connectivity index (χ4n) is 1.94. The quantitative estimate of drug-likeness (QED) is 0.500. The molecular formula is C13H11F3O5. The van der Waals surface area contributed by atoms with E-state index < -0.39 is 30.0 Å². The minimum absolute atomic E-state index is 0.0785. The maximum absolute atomic E-state index is 11.9. The van der Waals surface area contributed by atoms with Gasteiger partial charge >= 0.3 is 6.18 Å². The Balaban J connectivity index is 2.05. The van der Waals surface area contributed by atoms with Gasteiger partial charge in [0.05, 0.1) is 6.61 Å². The molecule has 0 spiro atoms. The third kappa shape index (κ3) is 3.06. The number of hydrogen-bond donors (Lipinski definition) is 2. The van der Waals surface area contributed by atoms with E-state index in [0.29, 0.717) is 0 Å². The van der Waals surface area contributed by atoms with Gasteiger partial charge in [0.1, 0.15) is 5.75 Å². The van der Waals surface area contributed by atoms with Crippen LogP contribution in [0.15, 0.2) is 18.2 Å². The molecule has 0 aliphatic heterocycles. The molecule has 1 aliphatic carbocycles. The van der Waals surface area contributed by atoms with Crippen LogP contribution in [0.1, 0.15) is 33.6 Å². The summed E-state index contributed by atoms with van der Waals surface area (Å²) in [5.41, 5.74) is -0.383. The molecule has 0 radical (unpaired) electrons. The van der Waals surface area contributed by atoms with Gasteiger partial charge in [-0.2, -0.15) is 13.2 Å². The number of rotatable bonds is 4. The Morgan fingerprint density at radius 1 is 1.10 bits per heavy atom. The highest BCUT2D eigenvalue weighted by atomic mass is 19.4. The SMILES string of the molecule is O=C1c2ccc(OCCCC(F)(F)F)cc2C(=O)C1(O)O. The lowest BCUT2D eigenvalue weighted by molar-refractivity contribution is -0.136. The fourth-order valence-corrected chi connectivity index (χ4v) is 1.94. The first kappa shape index (κ1) is 15.5. The van der Waals surface area contributed by atoms with Crippen LogP contribution in [0, 0.1) is 0 Å². The third-order valence-electron chi connectivity index (χ3n) is 2.99. The van der Waals surface area contributed by atoms with Crippen molar-refractivity contribution in [1.29, 1.82) is 0 Å². The molecule has 5 nitrogen and oxygen atoms in total. The monoisotopic (exact) mass is 304 g/mol. The van der Waals surface area contributed by atoms with Crippen molar-refractivity contribution in [2.45, 2.75) is 24.8 Å². The molecular weight excluding hydrogens is 293 g/mol. The Morgan fingerprint density at radius 2 is 1.71 bits per heavy atom. The number of Topliss-reactive ketones (excluding diaryl/α,β-unsaturated/α-hetero) is 2. The number of halogens is 3. The molecule has 8 heteroatoms. The molecule has 0 fully saturated rings. The van der Waals surface area contributed by atoms with Crippen molar-refractivity contribution in [2.24, 2.45) is 0 Å². The first-order chi connectivity index (χ1) is 9.63. The Labute approximate surface area is 117 Å². The molecule has 0 heterocycles. The predicted molar refractivity (Wildman–Crippen MR) is 63.1 cm³/mol. The highest BCUT2D eigenvalue weighted by Gasteiger charge is 2.51. The smallest absolute Gasteiger partial charge is 0.389 e. The second-order valence-corrected chi connectivity index (χ2v) is 4.61. The minimum Gasteiger partial charge on any atom is -0.494 e. The molecule has 1 aromatic carbocycles. The molecule has 0 saturated heterocycles. The number of carbonyl (C=O) groups excluding carboxylic acids is 2. The number of benzene rings is 1. The maximum atomic E-state index is 11.9. The summed E-state index contributed by atoms with van der Waals surface area (Å²) in [6.45, 7) is -0.218. The molecule has 21 heavy (non-hydrogen) atoms. The topological polar surface area (TPSA) is 83.8 Å². The number of aliphatic hydroxyl groups is 2. The molecule has 0 atom stereocenters. The molecule has 0 aromatic heterocycles.